The van der Waals surface area contributed by atoms with E-state index in [1.54, 1.807) is 37.6 Å². The maximum Gasteiger partial charge on any atom is 0.255 e. The Hall–Kier alpha value is -2.82. The zero-order valence-electron chi connectivity index (χ0n) is 10.9. The number of anilines is 1. The summed E-state index contributed by atoms with van der Waals surface area (Å²) in [5.41, 5.74) is 1.92. The van der Waals surface area contributed by atoms with Crippen LogP contribution >= 0.6 is 0 Å². The van der Waals surface area contributed by atoms with Crippen LogP contribution in [0.3, 0.4) is 0 Å². The third-order valence-electron chi connectivity index (χ3n) is 3.00. The van der Waals surface area contributed by atoms with Gasteiger partial charge in [0.15, 0.2) is 5.65 Å². The van der Waals surface area contributed by atoms with Crippen molar-refractivity contribution in [1.82, 2.24) is 9.38 Å². The van der Waals surface area contributed by atoms with Crippen LogP contribution in [0.5, 0.6) is 5.75 Å². The van der Waals surface area contributed by atoms with Crippen molar-refractivity contribution in [3.05, 3.63) is 60.6 Å². The maximum absolute atomic E-state index is 12.2. The normalized spacial score (nSPS) is 10.4. The van der Waals surface area contributed by atoms with Crippen molar-refractivity contribution >= 4 is 17.2 Å². The summed E-state index contributed by atoms with van der Waals surface area (Å²) in [6.45, 7) is 0. The summed E-state index contributed by atoms with van der Waals surface area (Å²) in [6, 6.07) is 10.7. The Morgan fingerprint density at radius 3 is 3.00 bits per heavy atom. The van der Waals surface area contributed by atoms with Gasteiger partial charge in [0, 0.05) is 24.2 Å². The number of carbonyl (C=O) groups excluding carboxylic acids is 1. The summed E-state index contributed by atoms with van der Waals surface area (Å²) in [4.78, 5) is 16.5. The van der Waals surface area contributed by atoms with E-state index in [-0.39, 0.29) is 5.91 Å². The predicted molar refractivity (Wildman–Crippen MR) is 76.1 cm³/mol. The Morgan fingerprint density at radius 2 is 2.15 bits per heavy atom. The molecule has 1 N–H and O–H groups in total. The van der Waals surface area contributed by atoms with E-state index in [0.29, 0.717) is 22.6 Å². The Kier molecular flexibility index (Phi) is 3.09. The van der Waals surface area contributed by atoms with Crippen molar-refractivity contribution < 1.29 is 9.53 Å². The molecule has 0 aliphatic carbocycles. The van der Waals surface area contributed by atoms with Gasteiger partial charge in [-0.05, 0) is 30.3 Å². The molecule has 20 heavy (non-hydrogen) atoms. The lowest BCUT2D eigenvalue weighted by Crippen LogP contribution is -2.12. The molecule has 0 aliphatic rings. The molecule has 0 atom stereocenters. The molecular formula is C15H13N3O2. The van der Waals surface area contributed by atoms with Crippen LogP contribution in [0.4, 0.5) is 5.69 Å². The van der Waals surface area contributed by atoms with Crippen molar-refractivity contribution in [3.63, 3.8) is 0 Å². The van der Waals surface area contributed by atoms with E-state index in [2.05, 4.69) is 10.3 Å². The number of amides is 1. The van der Waals surface area contributed by atoms with Crippen molar-refractivity contribution in [2.45, 2.75) is 0 Å². The number of nitrogens with one attached hydrogen (secondary N) is 1. The van der Waals surface area contributed by atoms with Gasteiger partial charge in [0.25, 0.3) is 5.91 Å². The Morgan fingerprint density at radius 1 is 1.25 bits per heavy atom. The van der Waals surface area contributed by atoms with Crippen LogP contribution in [0, 0.1) is 0 Å². The number of fused-ring (bicyclic) bond motifs is 1. The number of aromatic nitrogens is 2. The van der Waals surface area contributed by atoms with Gasteiger partial charge in [0.1, 0.15) is 5.75 Å². The van der Waals surface area contributed by atoms with Gasteiger partial charge in [-0.1, -0.05) is 6.07 Å². The number of nitrogens with zero attached hydrogens (tertiary/aromatic N) is 2. The Balaban J connectivity index is 1.90. The average molecular weight is 267 g/mol. The molecule has 0 bridgehead atoms. The number of methoxy groups -OCH3 is 1. The number of hydrogen-bond donors (Lipinski definition) is 1. The second kappa shape index (κ2) is 5.05. The number of benzene rings is 1. The smallest absolute Gasteiger partial charge is 0.255 e. The molecule has 0 saturated carbocycles. The molecule has 0 radical (unpaired) electrons. The van der Waals surface area contributed by atoms with E-state index in [9.17, 15) is 4.79 Å². The van der Waals surface area contributed by atoms with Crippen LogP contribution in [-0.2, 0) is 0 Å². The van der Waals surface area contributed by atoms with Crippen LogP contribution in [0.15, 0.2) is 55.0 Å². The van der Waals surface area contributed by atoms with Gasteiger partial charge in [-0.25, -0.2) is 4.98 Å². The first-order valence-electron chi connectivity index (χ1n) is 6.15. The molecule has 1 amide bonds. The molecule has 0 fully saturated rings. The van der Waals surface area contributed by atoms with E-state index in [1.807, 2.05) is 28.9 Å². The third-order valence-corrected chi connectivity index (χ3v) is 3.00. The zero-order valence-corrected chi connectivity index (χ0v) is 10.9. The highest BCUT2D eigenvalue weighted by molar-refractivity contribution is 6.06. The van der Waals surface area contributed by atoms with Crippen molar-refractivity contribution in [2.75, 3.05) is 12.4 Å². The first-order chi connectivity index (χ1) is 9.78. The van der Waals surface area contributed by atoms with Gasteiger partial charge >= 0.3 is 0 Å². The topological polar surface area (TPSA) is 55.6 Å². The van der Waals surface area contributed by atoms with E-state index >= 15 is 0 Å². The molecule has 0 spiro atoms. The highest BCUT2D eigenvalue weighted by Crippen LogP contribution is 2.17. The number of imidazole rings is 1. The molecule has 3 rings (SSSR count). The van der Waals surface area contributed by atoms with E-state index < -0.39 is 0 Å². The van der Waals surface area contributed by atoms with Gasteiger partial charge in [0.2, 0.25) is 0 Å². The van der Waals surface area contributed by atoms with Crippen LogP contribution in [0.1, 0.15) is 10.4 Å². The molecule has 0 saturated heterocycles. The summed E-state index contributed by atoms with van der Waals surface area (Å²) < 4.78 is 6.96. The highest BCUT2D eigenvalue weighted by Gasteiger charge is 2.09. The van der Waals surface area contributed by atoms with E-state index in [0.717, 1.165) is 0 Å². The first kappa shape index (κ1) is 12.2. The SMILES string of the molecule is COc1cccc(C(=O)Nc2cccn3ccnc23)c1. The molecule has 2 heterocycles. The fourth-order valence-corrected chi connectivity index (χ4v) is 2.00. The molecule has 5 nitrogen and oxygen atoms in total. The molecule has 0 aliphatic heterocycles. The van der Waals surface area contributed by atoms with Crippen LogP contribution in [0.2, 0.25) is 0 Å². The van der Waals surface area contributed by atoms with E-state index in [4.69, 9.17) is 4.74 Å². The number of pyridine rings is 1. The minimum atomic E-state index is -0.194. The second-order valence-electron chi connectivity index (χ2n) is 4.27. The lowest BCUT2D eigenvalue weighted by molar-refractivity contribution is 0.102. The summed E-state index contributed by atoms with van der Waals surface area (Å²) in [6.07, 6.45) is 5.40. The lowest BCUT2D eigenvalue weighted by atomic mass is 10.2. The first-order valence-corrected chi connectivity index (χ1v) is 6.15. The number of rotatable bonds is 3. The zero-order chi connectivity index (χ0) is 13.9. The monoisotopic (exact) mass is 267 g/mol. The molecule has 3 aromatic rings. The quantitative estimate of drug-likeness (QED) is 0.793. The van der Waals surface area contributed by atoms with Gasteiger partial charge in [-0.15, -0.1) is 0 Å². The largest absolute Gasteiger partial charge is 0.497 e. The third kappa shape index (κ3) is 2.21. The van der Waals surface area contributed by atoms with Crippen molar-refractivity contribution in [1.29, 1.82) is 0 Å². The number of ether oxygens (including phenoxy) is 1. The standard InChI is InChI=1S/C15H13N3O2/c1-20-12-5-2-4-11(10-12)15(19)17-13-6-3-8-18-9-7-16-14(13)18/h2-10H,1H3,(H,17,19). The van der Waals surface area contributed by atoms with Gasteiger partial charge < -0.3 is 14.5 Å². The molecule has 2 aromatic heterocycles. The fraction of sp³-hybridized carbons (Fsp3) is 0.0667. The average Bonchev–Trinajstić information content (AvgIpc) is 2.97. The second-order valence-corrected chi connectivity index (χ2v) is 4.27. The summed E-state index contributed by atoms with van der Waals surface area (Å²) in [5, 5.41) is 2.86. The Labute approximate surface area is 115 Å². The fourth-order valence-electron chi connectivity index (χ4n) is 2.00. The highest BCUT2D eigenvalue weighted by atomic mass is 16.5. The molecule has 5 heteroatoms. The van der Waals surface area contributed by atoms with Gasteiger partial charge in [-0.3, -0.25) is 4.79 Å². The minimum Gasteiger partial charge on any atom is -0.497 e. The Bertz CT molecular complexity index is 764. The minimum absolute atomic E-state index is 0.194. The molecule has 100 valence electrons. The molecule has 0 unspecified atom stereocenters. The summed E-state index contributed by atoms with van der Waals surface area (Å²) in [5.74, 6) is 0.455. The number of carbonyl (C=O) groups is 1. The van der Waals surface area contributed by atoms with Gasteiger partial charge in [0.05, 0.1) is 12.8 Å². The summed E-state index contributed by atoms with van der Waals surface area (Å²) >= 11 is 0. The molecular weight excluding hydrogens is 254 g/mol. The van der Waals surface area contributed by atoms with Crippen LogP contribution < -0.4 is 10.1 Å². The van der Waals surface area contributed by atoms with E-state index in [1.165, 1.54) is 0 Å². The lowest BCUT2D eigenvalue weighted by Gasteiger charge is -2.07. The summed E-state index contributed by atoms with van der Waals surface area (Å²) in [7, 11) is 1.57. The van der Waals surface area contributed by atoms with Gasteiger partial charge in [-0.2, -0.15) is 0 Å². The number of hydrogen-bond acceptors (Lipinski definition) is 3. The van der Waals surface area contributed by atoms with Crippen molar-refractivity contribution in [2.24, 2.45) is 0 Å². The maximum atomic E-state index is 12.2. The van der Waals surface area contributed by atoms with Crippen LogP contribution in [-0.4, -0.2) is 22.4 Å². The van der Waals surface area contributed by atoms with Crippen molar-refractivity contribution in [3.8, 4) is 5.75 Å². The predicted octanol–water partition coefficient (Wildman–Crippen LogP) is 2.60. The molecule has 1 aromatic carbocycles. The van der Waals surface area contributed by atoms with Crippen LogP contribution in [0.25, 0.3) is 5.65 Å².